The van der Waals surface area contributed by atoms with Crippen LogP contribution >= 0.6 is 23.2 Å². The predicted molar refractivity (Wildman–Crippen MR) is 142 cm³/mol. The summed E-state index contributed by atoms with van der Waals surface area (Å²) in [5.74, 6) is -0.529. The molecule has 0 fully saturated rings. The van der Waals surface area contributed by atoms with Crippen LogP contribution in [0, 0.1) is 5.92 Å². The molecule has 2 amide bonds. The van der Waals surface area contributed by atoms with Gasteiger partial charge >= 0.3 is 0 Å². The van der Waals surface area contributed by atoms with Gasteiger partial charge in [0.15, 0.2) is 0 Å². The molecule has 0 aliphatic carbocycles. The van der Waals surface area contributed by atoms with E-state index in [1.807, 2.05) is 51.1 Å². The van der Waals surface area contributed by atoms with Gasteiger partial charge in [-0.05, 0) is 42.5 Å². The monoisotopic (exact) mass is 541 g/mol. The summed E-state index contributed by atoms with van der Waals surface area (Å²) in [5.41, 5.74) is 1.11. The Morgan fingerprint density at radius 1 is 1.06 bits per heavy atom. The lowest BCUT2D eigenvalue weighted by Gasteiger charge is -2.33. The van der Waals surface area contributed by atoms with Crippen molar-refractivity contribution >= 4 is 50.7 Å². The molecule has 0 radical (unpaired) electrons. The van der Waals surface area contributed by atoms with E-state index in [4.69, 9.17) is 23.2 Å². The number of rotatable bonds is 12. The number of amides is 2. The zero-order valence-electron chi connectivity index (χ0n) is 20.5. The highest BCUT2D eigenvalue weighted by atomic mass is 35.5. The van der Waals surface area contributed by atoms with E-state index in [2.05, 4.69) is 5.32 Å². The van der Waals surface area contributed by atoms with Crippen LogP contribution in [-0.4, -0.2) is 57.1 Å². The van der Waals surface area contributed by atoms with Gasteiger partial charge in [-0.3, -0.25) is 13.9 Å². The van der Waals surface area contributed by atoms with Gasteiger partial charge < -0.3 is 10.2 Å². The molecule has 10 heteroatoms. The smallest absolute Gasteiger partial charge is 0.244 e. The zero-order chi connectivity index (χ0) is 26.2. The standard InChI is InChI=1S/C25H33Cl2N3O4S/c1-5-22(25(32)28-16-18(2)3)29(14-13-19-9-7-6-8-10-19)24(31)17-30(35(4,33)34)23-15-20(26)11-12-21(23)27/h6-12,15,18,22H,5,13-14,16-17H2,1-4H3,(H,28,32)/t22-/m0/s1. The van der Waals surface area contributed by atoms with Gasteiger partial charge in [-0.25, -0.2) is 8.42 Å². The molecule has 2 aromatic carbocycles. The first-order valence-corrected chi connectivity index (χ1v) is 14.1. The van der Waals surface area contributed by atoms with Gasteiger partial charge in [0.05, 0.1) is 17.0 Å². The first-order chi connectivity index (χ1) is 16.4. The molecular weight excluding hydrogens is 509 g/mol. The lowest BCUT2D eigenvalue weighted by molar-refractivity contribution is -0.139. The topological polar surface area (TPSA) is 86.8 Å². The number of anilines is 1. The highest BCUT2D eigenvalue weighted by Crippen LogP contribution is 2.30. The van der Waals surface area contributed by atoms with Crippen molar-refractivity contribution in [2.75, 3.05) is 30.2 Å². The lowest BCUT2D eigenvalue weighted by atomic mass is 10.1. The Balaban J connectivity index is 2.38. The van der Waals surface area contributed by atoms with Crippen LogP contribution in [0.5, 0.6) is 0 Å². The molecule has 7 nitrogen and oxygen atoms in total. The maximum atomic E-state index is 13.6. The second-order valence-electron chi connectivity index (χ2n) is 8.75. The normalized spacial score (nSPS) is 12.3. The molecule has 0 aromatic heterocycles. The van der Waals surface area contributed by atoms with Crippen LogP contribution in [0.25, 0.3) is 0 Å². The lowest BCUT2D eigenvalue weighted by Crippen LogP contribution is -2.53. The minimum absolute atomic E-state index is 0.107. The van der Waals surface area contributed by atoms with E-state index in [9.17, 15) is 18.0 Å². The van der Waals surface area contributed by atoms with Gasteiger partial charge in [0, 0.05) is 18.1 Å². The quantitative estimate of drug-likeness (QED) is 0.431. The summed E-state index contributed by atoms with van der Waals surface area (Å²) in [6.07, 6.45) is 1.89. The summed E-state index contributed by atoms with van der Waals surface area (Å²) in [7, 11) is -3.88. The van der Waals surface area contributed by atoms with Crippen molar-refractivity contribution in [2.24, 2.45) is 5.92 Å². The number of benzene rings is 2. The fraction of sp³-hybridized carbons (Fsp3) is 0.440. The predicted octanol–water partition coefficient (Wildman–Crippen LogP) is 4.38. The van der Waals surface area contributed by atoms with Crippen LogP contribution in [0.3, 0.4) is 0 Å². The van der Waals surface area contributed by atoms with E-state index >= 15 is 0 Å². The molecule has 0 heterocycles. The van der Waals surface area contributed by atoms with Crippen LogP contribution in [0.1, 0.15) is 32.8 Å². The van der Waals surface area contributed by atoms with Crippen LogP contribution < -0.4 is 9.62 Å². The van der Waals surface area contributed by atoms with Gasteiger partial charge in [-0.15, -0.1) is 0 Å². The number of hydrogen-bond donors (Lipinski definition) is 1. The van der Waals surface area contributed by atoms with Gasteiger partial charge in [0.2, 0.25) is 21.8 Å². The Morgan fingerprint density at radius 3 is 2.29 bits per heavy atom. The summed E-state index contributed by atoms with van der Waals surface area (Å²) in [6.45, 7) is 6.00. The maximum Gasteiger partial charge on any atom is 0.244 e. The van der Waals surface area contributed by atoms with Crippen molar-refractivity contribution in [3.05, 3.63) is 64.1 Å². The average molecular weight is 543 g/mol. The Kier molecular flexibility index (Phi) is 10.9. The SMILES string of the molecule is CC[C@@H](C(=O)NCC(C)C)N(CCc1ccccc1)C(=O)CN(c1cc(Cl)ccc1Cl)S(C)(=O)=O. The number of sulfonamides is 1. The highest BCUT2D eigenvalue weighted by molar-refractivity contribution is 7.92. The Labute approximate surface area is 218 Å². The van der Waals surface area contributed by atoms with Gasteiger partial charge in [0.25, 0.3) is 0 Å². The molecular formula is C25H33Cl2N3O4S. The molecule has 192 valence electrons. The minimum Gasteiger partial charge on any atom is -0.354 e. The summed E-state index contributed by atoms with van der Waals surface area (Å²) >= 11 is 12.3. The molecule has 0 bridgehead atoms. The van der Waals surface area contributed by atoms with Gasteiger partial charge in [-0.1, -0.05) is 74.3 Å². The number of nitrogens with zero attached hydrogens (tertiary/aromatic N) is 2. The zero-order valence-corrected chi connectivity index (χ0v) is 22.8. The molecule has 0 spiro atoms. The van der Waals surface area contributed by atoms with Crippen molar-refractivity contribution in [3.8, 4) is 0 Å². The van der Waals surface area contributed by atoms with Crippen molar-refractivity contribution in [1.29, 1.82) is 0 Å². The van der Waals surface area contributed by atoms with E-state index < -0.39 is 28.5 Å². The molecule has 0 saturated heterocycles. The first kappa shape index (κ1) is 28.9. The maximum absolute atomic E-state index is 13.6. The van der Waals surface area contributed by atoms with Crippen molar-refractivity contribution < 1.29 is 18.0 Å². The van der Waals surface area contributed by atoms with Crippen LogP contribution in [-0.2, 0) is 26.0 Å². The Hall–Kier alpha value is -2.29. The van der Waals surface area contributed by atoms with E-state index in [1.165, 1.54) is 23.1 Å². The van der Waals surface area contributed by atoms with E-state index in [0.29, 0.717) is 19.4 Å². The summed E-state index contributed by atoms with van der Waals surface area (Å²) in [5, 5.41) is 3.32. The van der Waals surface area contributed by atoms with E-state index in [-0.39, 0.29) is 34.1 Å². The third-order valence-corrected chi connectivity index (χ3v) is 7.09. The molecule has 0 unspecified atom stereocenters. The molecule has 0 aliphatic rings. The molecule has 1 N–H and O–H groups in total. The number of hydrogen-bond acceptors (Lipinski definition) is 4. The average Bonchev–Trinajstić information content (AvgIpc) is 2.80. The molecule has 2 rings (SSSR count). The third kappa shape index (κ3) is 8.70. The second-order valence-corrected chi connectivity index (χ2v) is 11.5. The minimum atomic E-state index is -3.88. The van der Waals surface area contributed by atoms with Crippen molar-refractivity contribution in [1.82, 2.24) is 10.2 Å². The fourth-order valence-electron chi connectivity index (χ4n) is 3.59. The van der Waals surface area contributed by atoms with Crippen molar-refractivity contribution in [3.63, 3.8) is 0 Å². The third-order valence-electron chi connectivity index (χ3n) is 5.41. The number of carbonyl (C=O) groups excluding carboxylic acids is 2. The first-order valence-electron chi connectivity index (χ1n) is 11.5. The molecule has 1 atom stereocenters. The van der Waals surface area contributed by atoms with E-state index in [0.717, 1.165) is 16.1 Å². The highest BCUT2D eigenvalue weighted by Gasteiger charge is 2.32. The molecule has 0 aliphatic heterocycles. The fourth-order valence-corrected chi connectivity index (χ4v) is 4.88. The summed E-state index contributed by atoms with van der Waals surface area (Å²) < 4.78 is 26.2. The molecule has 35 heavy (non-hydrogen) atoms. The summed E-state index contributed by atoms with van der Waals surface area (Å²) in [4.78, 5) is 28.1. The van der Waals surface area contributed by atoms with Gasteiger partial charge in [0.1, 0.15) is 12.6 Å². The van der Waals surface area contributed by atoms with E-state index in [1.54, 1.807) is 0 Å². The Bertz CT molecular complexity index is 1110. The van der Waals surface area contributed by atoms with Crippen LogP contribution in [0.2, 0.25) is 10.0 Å². The molecule has 0 saturated carbocycles. The number of halogens is 2. The Morgan fingerprint density at radius 2 is 1.71 bits per heavy atom. The second kappa shape index (κ2) is 13.1. The van der Waals surface area contributed by atoms with Crippen molar-refractivity contribution in [2.45, 2.75) is 39.7 Å². The largest absolute Gasteiger partial charge is 0.354 e. The number of nitrogens with one attached hydrogen (secondary N) is 1. The van der Waals surface area contributed by atoms with Crippen LogP contribution in [0.4, 0.5) is 5.69 Å². The molecule has 2 aromatic rings. The van der Waals surface area contributed by atoms with Crippen LogP contribution in [0.15, 0.2) is 48.5 Å². The number of carbonyl (C=O) groups is 2. The summed E-state index contributed by atoms with van der Waals surface area (Å²) in [6, 6.07) is 13.3. The van der Waals surface area contributed by atoms with Gasteiger partial charge in [-0.2, -0.15) is 0 Å².